The van der Waals surface area contributed by atoms with Crippen LogP contribution >= 0.6 is 15.9 Å². The molecule has 19 heavy (non-hydrogen) atoms. The largest absolute Gasteiger partial charge is 0.389 e. The molecule has 0 radical (unpaired) electrons. The van der Waals surface area contributed by atoms with E-state index in [-0.39, 0.29) is 0 Å². The summed E-state index contributed by atoms with van der Waals surface area (Å²) in [6.07, 6.45) is 1.33. The Bertz CT molecular complexity index is 543. The molecule has 0 aliphatic rings. The lowest BCUT2D eigenvalue weighted by Gasteiger charge is -2.20. The number of benzene rings is 1. The van der Waals surface area contributed by atoms with Gasteiger partial charge in [0.25, 0.3) is 0 Å². The first kappa shape index (κ1) is 14.0. The first-order chi connectivity index (χ1) is 9.08. The predicted molar refractivity (Wildman–Crippen MR) is 81.1 cm³/mol. The second kappa shape index (κ2) is 6.17. The van der Waals surface area contributed by atoms with Crippen LogP contribution in [0.5, 0.6) is 0 Å². The van der Waals surface area contributed by atoms with Crippen molar-refractivity contribution >= 4 is 21.6 Å². The molecule has 3 nitrogen and oxygen atoms in total. The average molecular weight is 321 g/mol. The van der Waals surface area contributed by atoms with Gasteiger partial charge in [-0.3, -0.25) is 4.98 Å². The Kier molecular flexibility index (Phi) is 4.56. The van der Waals surface area contributed by atoms with Crippen molar-refractivity contribution < 1.29 is 5.11 Å². The number of hydrogen-bond donors (Lipinski definition) is 1. The maximum absolute atomic E-state index is 9.62. The number of rotatable bonds is 4. The van der Waals surface area contributed by atoms with Crippen LogP contribution in [0.25, 0.3) is 0 Å². The minimum atomic E-state index is -0.468. The van der Waals surface area contributed by atoms with Crippen LogP contribution < -0.4 is 4.90 Å². The second-order valence-electron chi connectivity index (χ2n) is 4.56. The van der Waals surface area contributed by atoms with Crippen LogP contribution in [0.2, 0.25) is 0 Å². The maximum atomic E-state index is 9.62. The zero-order valence-corrected chi connectivity index (χ0v) is 12.6. The summed E-state index contributed by atoms with van der Waals surface area (Å²) < 4.78 is 0.924. The highest BCUT2D eigenvalue weighted by Gasteiger charge is 2.09. The summed E-state index contributed by atoms with van der Waals surface area (Å²) in [5.41, 5.74) is 3.01. The molecule has 1 atom stereocenters. The second-order valence-corrected chi connectivity index (χ2v) is 5.41. The number of pyridine rings is 1. The molecule has 1 heterocycles. The van der Waals surface area contributed by atoms with E-state index in [9.17, 15) is 5.11 Å². The van der Waals surface area contributed by atoms with E-state index in [4.69, 9.17) is 0 Å². The van der Waals surface area contributed by atoms with Crippen LogP contribution in [0.4, 0.5) is 5.69 Å². The molecular weight excluding hydrogens is 304 g/mol. The fraction of sp³-hybridized carbons (Fsp3) is 0.267. The zero-order chi connectivity index (χ0) is 13.8. The molecule has 2 aromatic rings. The van der Waals surface area contributed by atoms with Crippen molar-refractivity contribution in [3.63, 3.8) is 0 Å². The summed E-state index contributed by atoms with van der Waals surface area (Å²) in [4.78, 5) is 6.44. The third-order valence-corrected chi connectivity index (χ3v) is 3.69. The van der Waals surface area contributed by atoms with Gasteiger partial charge in [0.15, 0.2) is 0 Å². The summed E-state index contributed by atoms with van der Waals surface area (Å²) >= 11 is 3.50. The van der Waals surface area contributed by atoms with E-state index in [2.05, 4.69) is 25.8 Å². The van der Waals surface area contributed by atoms with E-state index in [1.807, 2.05) is 43.4 Å². The van der Waals surface area contributed by atoms with Crippen LogP contribution in [0.3, 0.4) is 0 Å². The van der Waals surface area contributed by atoms with E-state index in [0.717, 1.165) is 28.0 Å². The van der Waals surface area contributed by atoms with Crippen molar-refractivity contribution in [2.24, 2.45) is 0 Å². The van der Waals surface area contributed by atoms with E-state index < -0.39 is 6.10 Å². The predicted octanol–water partition coefficient (Wildman–Crippen LogP) is 3.53. The van der Waals surface area contributed by atoms with Crippen molar-refractivity contribution in [1.29, 1.82) is 0 Å². The monoisotopic (exact) mass is 320 g/mol. The van der Waals surface area contributed by atoms with Crippen LogP contribution in [0.1, 0.15) is 24.3 Å². The first-order valence-electron chi connectivity index (χ1n) is 6.16. The summed E-state index contributed by atoms with van der Waals surface area (Å²) in [5.74, 6) is 0. The molecule has 1 aromatic carbocycles. The van der Waals surface area contributed by atoms with E-state index in [0.29, 0.717) is 0 Å². The molecular formula is C15H17BrN2O. The smallest absolute Gasteiger partial charge is 0.0772 e. The van der Waals surface area contributed by atoms with Crippen molar-refractivity contribution in [3.8, 4) is 0 Å². The first-order valence-corrected chi connectivity index (χ1v) is 6.96. The molecule has 4 heteroatoms. The van der Waals surface area contributed by atoms with Gasteiger partial charge in [0.2, 0.25) is 0 Å². The minimum Gasteiger partial charge on any atom is -0.389 e. The van der Waals surface area contributed by atoms with E-state index in [1.54, 1.807) is 13.1 Å². The Labute approximate surface area is 122 Å². The van der Waals surface area contributed by atoms with Crippen LogP contribution in [-0.2, 0) is 6.54 Å². The third kappa shape index (κ3) is 3.55. The Morgan fingerprint density at radius 3 is 2.68 bits per heavy atom. The molecule has 1 N–H and O–H groups in total. The number of aliphatic hydroxyl groups excluding tert-OH is 1. The average Bonchev–Trinajstić information content (AvgIpc) is 2.39. The third-order valence-electron chi connectivity index (χ3n) is 3.00. The topological polar surface area (TPSA) is 36.4 Å². The number of anilines is 1. The SMILES string of the molecule is C[C@@H](O)c1ccc(N(C)Cc2ccccn2)cc1Br. The highest BCUT2D eigenvalue weighted by molar-refractivity contribution is 9.10. The van der Waals surface area contributed by atoms with Crippen LogP contribution in [-0.4, -0.2) is 17.1 Å². The molecule has 0 amide bonds. The Morgan fingerprint density at radius 1 is 1.32 bits per heavy atom. The Morgan fingerprint density at radius 2 is 2.11 bits per heavy atom. The van der Waals surface area contributed by atoms with Crippen LogP contribution in [0.15, 0.2) is 47.1 Å². The molecule has 0 unspecified atom stereocenters. The Balaban J connectivity index is 2.16. The van der Waals surface area contributed by atoms with Crippen LogP contribution in [0, 0.1) is 0 Å². The summed E-state index contributed by atoms with van der Waals surface area (Å²) in [7, 11) is 2.03. The number of hydrogen-bond acceptors (Lipinski definition) is 3. The van der Waals surface area contributed by atoms with Gasteiger partial charge in [0, 0.05) is 23.4 Å². The van der Waals surface area contributed by atoms with Gasteiger partial charge in [-0.15, -0.1) is 0 Å². The van der Waals surface area contributed by atoms with Crippen molar-refractivity contribution in [2.45, 2.75) is 19.6 Å². The van der Waals surface area contributed by atoms with Gasteiger partial charge in [-0.1, -0.05) is 28.1 Å². The normalized spacial score (nSPS) is 12.2. The van der Waals surface area contributed by atoms with Gasteiger partial charge in [0.1, 0.15) is 0 Å². The molecule has 2 rings (SSSR count). The Hall–Kier alpha value is -1.39. The molecule has 0 fully saturated rings. The summed E-state index contributed by atoms with van der Waals surface area (Å²) in [6, 6.07) is 11.9. The molecule has 0 aliphatic carbocycles. The molecule has 0 saturated carbocycles. The fourth-order valence-corrected chi connectivity index (χ4v) is 2.62. The van der Waals surface area contributed by atoms with Crippen molar-refractivity contribution in [1.82, 2.24) is 4.98 Å². The van der Waals surface area contributed by atoms with Gasteiger partial charge in [0.05, 0.1) is 18.3 Å². The van der Waals surface area contributed by atoms with Gasteiger partial charge < -0.3 is 10.0 Å². The summed E-state index contributed by atoms with van der Waals surface area (Å²) in [6.45, 7) is 2.51. The number of halogens is 1. The molecule has 0 aliphatic heterocycles. The van der Waals surface area contributed by atoms with E-state index >= 15 is 0 Å². The molecule has 0 spiro atoms. The van der Waals surface area contributed by atoms with Gasteiger partial charge in [-0.25, -0.2) is 0 Å². The lowest BCUT2D eigenvalue weighted by molar-refractivity contribution is 0.198. The highest BCUT2D eigenvalue weighted by atomic mass is 79.9. The highest BCUT2D eigenvalue weighted by Crippen LogP contribution is 2.28. The quantitative estimate of drug-likeness (QED) is 0.936. The lowest BCUT2D eigenvalue weighted by atomic mass is 10.1. The fourth-order valence-electron chi connectivity index (χ4n) is 1.92. The van der Waals surface area contributed by atoms with Gasteiger partial charge in [-0.05, 0) is 36.8 Å². The number of nitrogens with zero attached hydrogens (tertiary/aromatic N) is 2. The molecule has 1 aromatic heterocycles. The summed E-state index contributed by atoms with van der Waals surface area (Å²) in [5, 5.41) is 9.62. The number of aliphatic hydroxyl groups is 1. The number of aromatic nitrogens is 1. The molecule has 0 bridgehead atoms. The van der Waals surface area contributed by atoms with Gasteiger partial charge in [-0.2, -0.15) is 0 Å². The van der Waals surface area contributed by atoms with Gasteiger partial charge >= 0.3 is 0 Å². The molecule has 0 saturated heterocycles. The minimum absolute atomic E-state index is 0.468. The molecule has 100 valence electrons. The maximum Gasteiger partial charge on any atom is 0.0772 e. The standard InChI is InChI=1S/C15H17BrN2O/c1-11(19)14-7-6-13(9-15(14)16)18(2)10-12-5-3-4-8-17-12/h3-9,11,19H,10H2,1-2H3/t11-/m1/s1. The van der Waals surface area contributed by atoms with Crippen molar-refractivity contribution in [2.75, 3.05) is 11.9 Å². The van der Waals surface area contributed by atoms with E-state index in [1.165, 1.54) is 0 Å². The lowest BCUT2D eigenvalue weighted by Crippen LogP contribution is -2.17. The van der Waals surface area contributed by atoms with Crippen molar-refractivity contribution in [3.05, 3.63) is 58.3 Å². The zero-order valence-electron chi connectivity index (χ0n) is 11.0.